The van der Waals surface area contributed by atoms with Crippen molar-refractivity contribution in [2.45, 2.75) is 6.92 Å². The highest BCUT2D eigenvalue weighted by molar-refractivity contribution is 6.39. The molecule has 3 rings (SSSR count). The fourth-order valence-corrected chi connectivity index (χ4v) is 2.88. The Balaban J connectivity index is 1.43. The summed E-state index contributed by atoms with van der Waals surface area (Å²) in [6.45, 7) is 1.80. The molecule has 9 heteroatoms. The maximum atomic E-state index is 12.0. The zero-order valence-electron chi connectivity index (χ0n) is 17.7. The SMILES string of the molecule is Cc1cccc(NC(=O)COc2ccc(/C=N\NC(=O)C(=O)Nc3cccc(Cl)c3)cc2)c1. The first-order valence-corrected chi connectivity index (χ1v) is 10.3. The molecule has 0 fully saturated rings. The van der Waals surface area contributed by atoms with Crippen LogP contribution in [0.2, 0.25) is 5.02 Å². The predicted molar refractivity (Wildman–Crippen MR) is 128 cm³/mol. The van der Waals surface area contributed by atoms with Crippen molar-refractivity contribution in [3.05, 3.63) is 88.9 Å². The first kappa shape index (κ1) is 23.5. The number of halogens is 1. The number of benzene rings is 3. The molecule has 0 unspecified atom stereocenters. The molecule has 168 valence electrons. The summed E-state index contributed by atoms with van der Waals surface area (Å²) in [6, 6.07) is 20.6. The summed E-state index contributed by atoms with van der Waals surface area (Å²) < 4.78 is 5.48. The van der Waals surface area contributed by atoms with Gasteiger partial charge in [0.25, 0.3) is 5.91 Å². The summed E-state index contributed by atoms with van der Waals surface area (Å²) in [7, 11) is 0. The van der Waals surface area contributed by atoms with Gasteiger partial charge < -0.3 is 15.4 Å². The van der Waals surface area contributed by atoms with E-state index in [-0.39, 0.29) is 12.5 Å². The quantitative estimate of drug-likeness (QED) is 0.281. The van der Waals surface area contributed by atoms with Gasteiger partial charge in [-0.2, -0.15) is 5.10 Å². The van der Waals surface area contributed by atoms with Crippen LogP contribution < -0.4 is 20.8 Å². The van der Waals surface area contributed by atoms with Crippen LogP contribution in [0.4, 0.5) is 11.4 Å². The van der Waals surface area contributed by atoms with Gasteiger partial charge in [-0.25, -0.2) is 5.43 Å². The Hall–Kier alpha value is -4.17. The molecule has 33 heavy (non-hydrogen) atoms. The first-order chi connectivity index (χ1) is 15.9. The van der Waals surface area contributed by atoms with Crippen molar-refractivity contribution in [1.29, 1.82) is 0 Å². The Morgan fingerprint density at radius 3 is 2.30 bits per heavy atom. The smallest absolute Gasteiger partial charge is 0.329 e. The lowest BCUT2D eigenvalue weighted by molar-refractivity contribution is -0.136. The van der Waals surface area contributed by atoms with E-state index >= 15 is 0 Å². The predicted octanol–water partition coefficient (Wildman–Crippen LogP) is 3.75. The van der Waals surface area contributed by atoms with Crippen LogP contribution in [0.25, 0.3) is 0 Å². The van der Waals surface area contributed by atoms with Gasteiger partial charge >= 0.3 is 11.8 Å². The van der Waals surface area contributed by atoms with E-state index < -0.39 is 11.8 Å². The molecular formula is C24H21ClN4O4. The van der Waals surface area contributed by atoms with E-state index in [0.29, 0.717) is 27.7 Å². The maximum absolute atomic E-state index is 12.0. The molecule has 0 spiro atoms. The second-order valence-corrected chi connectivity index (χ2v) is 7.38. The minimum Gasteiger partial charge on any atom is -0.484 e. The van der Waals surface area contributed by atoms with E-state index in [0.717, 1.165) is 5.56 Å². The largest absolute Gasteiger partial charge is 0.484 e. The van der Waals surface area contributed by atoms with Crippen molar-refractivity contribution >= 4 is 46.9 Å². The summed E-state index contributed by atoms with van der Waals surface area (Å²) in [6.07, 6.45) is 1.37. The van der Waals surface area contributed by atoms with Crippen LogP contribution in [-0.2, 0) is 14.4 Å². The topological polar surface area (TPSA) is 109 Å². The van der Waals surface area contributed by atoms with Crippen LogP contribution >= 0.6 is 11.6 Å². The number of ether oxygens (including phenoxy) is 1. The zero-order valence-corrected chi connectivity index (χ0v) is 18.4. The van der Waals surface area contributed by atoms with Gasteiger partial charge in [-0.3, -0.25) is 14.4 Å². The number of carbonyl (C=O) groups is 3. The molecule has 0 aliphatic rings. The molecule has 0 aliphatic carbocycles. The Morgan fingerprint density at radius 2 is 1.61 bits per heavy atom. The van der Waals surface area contributed by atoms with Crippen molar-refractivity contribution in [2.75, 3.05) is 17.2 Å². The zero-order chi connectivity index (χ0) is 23.6. The van der Waals surface area contributed by atoms with Gasteiger partial charge in [-0.05, 0) is 72.6 Å². The van der Waals surface area contributed by atoms with Crippen LogP contribution in [0.5, 0.6) is 5.75 Å². The number of hydrogen-bond acceptors (Lipinski definition) is 5. The number of rotatable bonds is 7. The molecule has 0 saturated heterocycles. The first-order valence-electron chi connectivity index (χ1n) is 9.88. The number of nitrogens with zero attached hydrogens (tertiary/aromatic N) is 1. The van der Waals surface area contributed by atoms with Crippen molar-refractivity contribution in [3.8, 4) is 5.75 Å². The lowest BCUT2D eigenvalue weighted by Crippen LogP contribution is -2.32. The third kappa shape index (κ3) is 7.79. The highest BCUT2D eigenvalue weighted by Gasteiger charge is 2.12. The Kier molecular flexibility index (Phi) is 8.15. The Labute approximate surface area is 195 Å². The minimum atomic E-state index is -0.925. The van der Waals surface area contributed by atoms with E-state index in [1.54, 1.807) is 48.5 Å². The number of carbonyl (C=O) groups excluding carboxylic acids is 3. The molecule has 3 N–H and O–H groups in total. The summed E-state index contributed by atoms with van der Waals surface area (Å²) in [5, 5.41) is 9.39. The summed E-state index contributed by atoms with van der Waals surface area (Å²) in [4.78, 5) is 35.7. The van der Waals surface area contributed by atoms with Gasteiger partial charge in [0, 0.05) is 16.4 Å². The Bertz CT molecular complexity index is 1180. The number of anilines is 2. The molecule has 0 heterocycles. The van der Waals surface area contributed by atoms with E-state index in [1.165, 1.54) is 12.3 Å². The maximum Gasteiger partial charge on any atom is 0.329 e. The molecule has 0 saturated carbocycles. The molecule has 3 aromatic rings. The monoisotopic (exact) mass is 464 g/mol. The van der Waals surface area contributed by atoms with Gasteiger partial charge in [0.15, 0.2) is 6.61 Å². The Morgan fingerprint density at radius 1 is 0.909 bits per heavy atom. The summed E-state index contributed by atoms with van der Waals surface area (Å²) in [5.74, 6) is -1.57. The molecule has 3 amide bonds. The van der Waals surface area contributed by atoms with E-state index in [9.17, 15) is 14.4 Å². The van der Waals surface area contributed by atoms with Gasteiger partial charge in [0.05, 0.1) is 6.21 Å². The van der Waals surface area contributed by atoms with Gasteiger partial charge in [0.1, 0.15) is 5.75 Å². The molecule has 3 aromatic carbocycles. The highest BCUT2D eigenvalue weighted by atomic mass is 35.5. The number of aryl methyl sites for hydroxylation is 1. The van der Waals surface area contributed by atoms with Crippen LogP contribution in [0, 0.1) is 6.92 Å². The van der Waals surface area contributed by atoms with Crippen molar-refractivity contribution in [3.63, 3.8) is 0 Å². The average Bonchev–Trinajstić information content (AvgIpc) is 2.78. The van der Waals surface area contributed by atoms with Gasteiger partial charge in [-0.1, -0.05) is 29.8 Å². The second kappa shape index (κ2) is 11.4. The molecule has 0 bridgehead atoms. The summed E-state index contributed by atoms with van der Waals surface area (Å²) in [5.41, 5.74) is 4.95. The van der Waals surface area contributed by atoms with E-state index in [1.807, 2.05) is 25.1 Å². The normalized spacial score (nSPS) is 10.5. The van der Waals surface area contributed by atoms with Crippen molar-refractivity contribution in [1.82, 2.24) is 5.43 Å². The van der Waals surface area contributed by atoms with Gasteiger partial charge in [-0.15, -0.1) is 0 Å². The molecule has 0 radical (unpaired) electrons. The van der Waals surface area contributed by atoms with E-state index in [2.05, 4.69) is 21.2 Å². The number of nitrogens with one attached hydrogen (secondary N) is 3. The number of hydrazone groups is 1. The van der Waals surface area contributed by atoms with Crippen LogP contribution in [-0.4, -0.2) is 30.5 Å². The highest BCUT2D eigenvalue weighted by Crippen LogP contribution is 2.15. The fraction of sp³-hybridized carbons (Fsp3) is 0.0833. The number of hydrogen-bond donors (Lipinski definition) is 3. The lowest BCUT2D eigenvalue weighted by atomic mass is 10.2. The molecular weight excluding hydrogens is 444 g/mol. The molecule has 8 nitrogen and oxygen atoms in total. The van der Waals surface area contributed by atoms with Crippen LogP contribution in [0.1, 0.15) is 11.1 Å². The fourth-order valence-electron chi connectivity index (χ4n) is 2.69. The second-order valence-electron chi connectivity index (χ2n) is 6.94. The van der Waals surface area contributed by atoms with Crippen molar-refractivity contribution < 1.29 is 19.1 Å². The van der Waals surface area contributed by atoms with E-state index in [4.69, 9.17) is 16.3 Å². The molecule has 0 aliphatic heterocycles. The molecule has 0 aromatic heterocycles. The lowest BCUT2D eigenvalue weighted by Gasteiger charge is -2.08. The van der Waals surface area contributed by atoms with Crippen LogP contribution in [0.15, 0.2) is 77.9 Å². The molecule has 0 atom stereocenters. The van der Waals surface area contributed by atoms with Crippen molar-refractivity contribution in [2.24, 2.45) is 5.10 Å². The average molecular weight is 465 g/mol. The standard InChI is InChI=1S/C24H21ClN4O4/c1-16-4-2-6-19(12-16)27-22(30)15-33-21-10-8-17(9-11-21)14-26-29-24(32)23(31)28-20-7-3-5-18(25)13-20/h2-14H,15H2,1H3,(H,27,30)(H,28,31)(H,29,32)/b26-14-. The minimum absolute atomic E-state index is 0.140. The number of amides is 3. The van der Waals surface area contributed by atoms with Crippen LogP contribution in [0.3, 0.4) is 0 Å². The van der Waals surface area contributed by atoms with Gasteiger partial charge in [0.2, 0.25) is 0 Å². The summed E-state index contributed by atoms with van der Waals surface area (Å²) >= 11 is 5.84. The third-order valence-electron chi connectivity index (χ3n) is 4.22. The third-order valence-corrected chi connectivity index (χ3v) is 4.46.